The fourth-order valence-electron chi connectivity index (χ4n) is 0.157. The van der Waals surface area contributed by atoms with Gasteiger partial charge in [-0.15, -0.1) is 11.6 Å². The molecule has 0 spiro atoms. The molecule has 0 saturated heterocycles. The highest BCUT2D eigenvalue weighted by Gasteiger charge is 2.05. The zero-order valence-electron chi connectivity index (χ0n) is 4.09. The lowest BCUT2D eigenvalue weighted by Gasteiger charge is -1.97. The monoisotopic (exact) mass is 142 g/mol. The van der Waals surface area contributed by atoms with Gasteiger partial charge < -0.3 is 4.89 Å². The van der Waals surface area contributed by atoms with E-state index in [4.69, 9.17) is 16.5 Å². The van der Waals surface area contributed by atoms with Crippen molar-refractivity contribution in [1.82, 2.24) is 0 Å². The molecular formula is C3H8ClO2P. The van der Waals surface area contributed by atoms with Gasteiger partial charge in [-0.2, -0.15) is 0 Å². The van der Waals surface area contributed by atoms with Gasteiger partial charge in [0, 0.05) is 18.7 Å². The molecule has 0 saturated carbocycles. The first kappa shape index (κ1) is 7.48. The Kier molecular flexibility index (Phi) is 2.89. The van der Waals surface area contributed by atoms with Crippen LogP contribution in [0.3, 0.4) is 0 Å². The van der Waals surface area contributed by atoms with Crippen molar-refractivity contribution in [3.63, 3.8) is 0 Å². The molecule has 0 rings (SSSR count). The molecule has 0 bridgehead atoms. The summed E-state index contributed by atoms with van der Waals surface area (Å²) in [5.74, 6) is 0.268. The molecule has 0 aromatic rings. The minimum atomic E-state index is -2.80. The van der Waals surface area contributed by atoms with Crippen LogP contribution in [0.2, 0.25) is 0 Å². The van der Waals surface area contributed by atoms with Crippen molar-refractivity contribution in [2.75, 3.05) is 18.7 Å². The molecule has 0 radical (unpaired) electrons. The van der Waals surface area contributed by atoms with Crippen LogP contribution in [-0.4, -0.2) is 23.6 Å². The first-order chi connectivity index (χ1) is 3.06. The van der Waals surface area contributed by atoms with E-state index in [0.717, 1.165) is 0 Å². The second-order valence-corrected chi connectivity index (χ2v) is 4.39. The number of hydrogen-bond donors (Lipinski definition) is 1. The molecule has 0 aliphatic carbocycles. The topological polar surface area (TPSA) is 37.3 Å². The van der Waals surface area contributed by atoms with Gasteiger partial charge in [0.2, 0.25) is 0 Å². The van der Waals surface area contributed by atoms with Crippen molar-refractivity contribution in [2.45, 2.75) is 0 Å². The molecule has 1 unspecified atom stereocenters. The van der Waals surface area contributed by atoms with E-state index >= 15 is 0 Å². The minimum absolute atomic E-state index is 0.217. The van der Waals surface area contributed by atoms with Gasteiger partial charge >= 0.3 is 0 Å². The smallest absolute Gasteiger partial charge is 0.198 e. The Bertz CT molecular complexity index is 86.9. The van der Waals surface area contributed by atoms with E-state index in [-0.39, 0.29) is 12.0 Å². The van der Waals surface area contributed by atoms with Gasteiger partial charge in [-0.1, -0.05) is 0 Å². The zero-order valence-corrected chi connectivity index (χ0v) is 5.75. The van der Waals surface area contributed by atoms with E-state index in [2.05, 4.69) is 0 Å². The van der Waals surface area contributed by atoms with Crippen LogP contribution in [0.4, 0.5) is 0 Å². The maximum Gasteiger partial charge on any atom is 0.198 e. The first-order valence-electron chi connectivity index (χ1n) is 1.91. The maximum atomic E-state index is 10.3. The molecule has 1 atom stereocenters. The average Bonchev–Trinajstić information content (AvgIpc) is 1.30. The maximum absolute atomic E-state index is 10.3. The lowest BCUT2D eigenvalue weighted by atomic mass is 11.0. The molecule has 0 aromatic carbocycles. The lowest BCUT2D eigenvalue weighted by Crippen LogP contribution is -1.85. The lowest BCUT2D eigenvalue weighted by molar-refractivity contribution is 0.486. The molecule has 0 aromatic heterocycles. The normalized spacial score (nSPS) is 18.7. The highest BCUT2D eigenvalue weighted by Crippen LogP contribution is 2.34. The summed E-state index contributed by atoms with van der Waals surface area (Å²) in [5, 5.41) is 0. The summed E-state index contributed by atoms with van der Waals surface area (Å²) < 4.78 is 10.3. The van der Waals surface area contributed by atoms with E-state index in [0.29, 0.717) is 0 Å². The fourth-order valence-corrected chi connectivity index (χ4v) is 1.41. The van der Waals surface area contributed by atoms with Crippen LogP contribution >= 0.6 is 19.0 Å². The Morgan fingerprint density at radius 1 is 1.86 bits per heavy atom. The molecular weight excluding hydrogens is 134 g/mol. The van der Waals surface area contributed by atoms with Gasteiger partial charge in [0.1, 0.15) is 0 Å². The quantitative estimate of drug-likeness (QED) is 0.464. The summed E-state index contributed by atoms with van der Waals surface area (Å²) in [7, 11) is -2.80. The predicted octanol–water partition coefficient (Wildman–Crippen LogP) is 1.13. The summed E-state index contributed by atoms with van der Waals surface area (Å²) in [6.07, 6.45) is 0.217. The standard InChI is InChI=1S/C3H8ClO2P/c1-7(5,6)3-2-4/h2-3H2,1H3,(H,5,6). The predicted molar refractivity (Wildman–Crippen MR) is 31.3 cm³/mol. The van der Waals surface area contributed by atoms with Crippen LogP contribution < -0.4 is 0 Å². The van der Waals surface area contributed by atoms with Crippen LogP contribution in [0.1, 0.15) is 0 Å². The number of hydrogen-bond acceptors (Lipinski definition) is 1. The van der Waals surface area contributed by atoms with Crippen LogP contribution in [0, 0.1) is 0 Å². The molecule has 2 nitrogen and oxygen atoms in total. The van der Waals surface area contributed by atoms with Gasteiger partial charge in [-0.3, -0.25) is 4.57 Å². The molecule has 0 aliphatic rings. The van der Waals surface area contributed by atoms with E-state index in [1.807, 2.05) is 0 Å². The van der Waals surface area contributed by atoms with Crippen molar-refractivity contribution in [3.05, 3.63) is 0 Å². The SMILES string of the molecule is CP(=O)(O)CCCl. The van der Waals surface area contributed by atoms with Crippen LogP contribution in [0.5, 0.6) is 0 Å². The highest BCUT2D eigenvalue weighted by atomic mass is 35.5. The van der Waals surface area contributed by atoms with E-state index < -0.39 is 7.37 Å². The van der Waals surface area contributed by atoms with E-state index in [1.165, 1.54) is 6.66 Å². The average molecular weight is 143 g/mol. The van der Waals surface area contributed by atoms with E-state index in [1.54, 1.807) is 0 Å². The zero-order chi connectivity index (χ0) is 5.91. The summed E-state index contributed by atoms with van der Waals surface area (Å²) in [5.41, 5.74) is 0. The number of halogens is 1. The Balaban J connectivity index is 3.36. The van der Waals surface area contributed by atoms with Gasteiger partial charge in [-0.05, 0) is 0 Å². The molecule has 0 fully saturated rings. The van der Waals surface area contributed by atoms with E-state index in [9.17, 15) is 4.57 Å². The molecule has 44 valence electrons. The van der Waals surface area contributed by atoms with Gasteiger partial charge in [0.25, 0.3) is 0 Å². The van der Waals surface area contributed by atoms with Crippen molar-refractivity contribution in [3.8, 4) is 0 Å². The van der Waals surface area contributed by atoms with Gasteiger partial charge in [0.15, 0.2) is 7.37 Å². The van der Waals surface area contributed by atoms with Crippen molar-refractivity contribution in [2.24, 2.45) is 0 Å². The molecule has 7 heavy (non-hydrogen) atoms. The highest BCUT2D eigenvalue weighted by molar-refractivity contribution is 7.57. The van der Waals surface area contributed by atoms with Crippen LogP contribution in [0.15, 0.2) is 0 Å². The largest absolute Gasteiger partial charge is 0.344 e. The summed E-state index contributed by atoms with van der Waals surface area (Å²) in [6, 6.07) is 0. The van der Waals surface area contributed by atoms with Crippen molar-refractivity contribution < 1.29 is 9.46 Å². The molecule has 4 heteroatoms. The minimum Gasteiger partial charge on any atom is -0.344 e. The number of alkyl halides is 1. The Hall–Kier alpha value is 0.480. The van der Waals surface area contributed by atoms with Gasteiger partial charge in [-0.25, -0.2) is 0 Å². The third kappa shape index (κ3) is 6.48. The summed E-state index contributed by atoms with van der Waals surface area (Å²) >= 11 is 5.15. The van der Waals surface area contributed by atoms with Crippen LogP contribution in [-0.2, 0) is 4.57 Å². The van der Waals surface area contributed by atoms with Crippen molar-refractivity contribution in [1.29, 1.82) is 0 Å². The third-order valence-electron chi connectivity index (χ3n) is 0.499. The Labute approximate surface area is 47.9 Å². The van der Waals surface area contributed by atoms with Crippen molar-refractivity contribution >= 4 is 19.0 Å². The molecule has 1 N–H and O–H groups in total. The molecule has 0 heterocycles. The molecule has 0 amide bonds. The van der Waals surface area contributed by atoms with Gasteiger partial charge in [0.05, 0.1) is 0 Å². The molecule has 0 aliphatic heterocycles. The third-order valence-corrected chi connectivity index (χ3v) is 2.01. The second kappa shape index (κ2) is 2.71. The first-order valence-corrected chi connectivity index (χ1v) is 4.74. The fraction of sp³-hybridized carbons (Fsp3) is 1.00. The number of rotatable bonds is 2. The van der Waals surface area contributed by atoms with Crippen LogP contribution in [0.25, 0.3) is 0 Å². The summed E-state index contributed by atoms with van der Waals surface area (Å²) in [6.45, 7) is 1.30. The Morgan fingerprint density at radius 2 is 2.29 bits per heavy atom. The Morgan fingerprint density at radius 3 is 2.29 bits per heavy atom. The second-order valence-electron chi connectivity index (χ2n) is 1.46. The summed E-state index contributed by atoms with van der Waals surface area (Å²) in [4.78, 5) is 8.49.